The predicted octanol–water partition coefficient (Wildman–Crippen LogP) is 4.87. The van der Waals surface area contributed by atoms with E-state index in [2.05, 4.69) is 34.1 Å². The fraction of sp³-hybridized carbons (Fsp3) is 0.364. The van der Waals surface area contributed by atoms with Crippen LogP contribution < -0.4 is 10.6 Å². The van der Waals surface area contributed by atoms with Gasteiger partial charge < -0.3 is 10.6 Å². The van der Waals surface area contributed by atoms with Gasteiger partial charge in [-0.3, -0.25) is 9.97 Å². The zero-order valence-corrected chi connectivity index (χ0v) is 16.4. The second-order valence-electron chi connectivity index (χ2n) is 7.46. The minimum atomic E-state index is 0.327. The lowest BCUT2D eigenvalue weighted by Crippen LogP contribution is -2.41. The Hall–Kier alpha value is -2.17. The molecule has 1 aromatic carbocycles. The number of anilines is 1. The minimum absolute atomic E-state index is 0.327. The molecular formula is C22H25ClN4. The van der Waals surface area contributed by atoms with E-state index in [1.807, 2.05) is 31.3 Å². The maximum Gasteiger partial charge on any atom is 0.0737 e. The summed E-state index contributed by atoms with van der Waals surface area (Å²) in [6.07, 6.45) is 6.21. The van der Waals surface area contributed by atoms with Gasteiger partial charge in [0.1, 0.15) is 0 Å². The minimum Gasteiger partial charge on any atom is -0.362 e. The van der Waals surface area contributed by atoms with Gasteiger partial charge in [0, 0.05) is 40.1 Å². The molecule has 0 radical (unpaired) electrons. The number of fused-ring (bicyclic) bond motifs is 1. The van der Waals surface area contributed by atoms with Crippen LogP contribution in [0.4, 0.5) is 5.69 Å². The molecule has 1 saturated carbocycles. The van der Waals surface area contributed by atoms with Crippen molar-refractivity contribution in [3.63, 3.8) is 0 Å². The summed E-state index contributed by atoms with van der Waals surface area (Å²) in [7, 11) is 0. The van der Waals surface area contributed by atoms with Crippen molar-refractivity contribution in [1.82, 2.24) is 9.97 Å². The fourth-order valence-electron chi connectivity index (χ4n) is 4.04. The Morgan fingerprint density at radius 2 is 1.93 bits per heavy atom. The van der Waals surface area contributed by atoms with Gasteiger partial charge in [-0.2, -0.15) is 0 Å². The second-order valence-corrected chi connectivity index (χ2v) is 7.89. The molecule has 0 saturated heterocycles. The molecule has 0 bridgehead atoms. The number of hydrogen-bond acceptors (Lipinski definition) is 4. The Morgan fingerprint density at radius 3 is 2.70 bits per heavy atom. The van der Waals surface area contributed by atoms with Gasteiger partial charge in [-0.1, -0.05) is 17.7 Å². The summed E-state index contributed by atoms with van der Waals surface area (Å²) in [6.45, 7) is 2.82. The molecular weight excluding hydrogens is 356 g/mol. The van der Waals surface area contributed by atoms with Crippen LogP contribution in [0, 0.1) is 6.92 Å². The molecule has 2 heterocycles. The zero-order chi connectivity index (χ0) is 18.8. The van der Waals surface area contributed by atoms with Crippen molar-refractivity contribution < 1.29 is 0 Å². The number of hydrogen-bond donors (Lipinski definition) is 1. The van der Waals surface area contributed by atoms with Crippen LogP contribution in [0.3, 0.4) is 0 Å². The number of pyridine rings is 2. The maximum atomic E-state index is 6.19. The number of benzene rings is 1. The van der Waals surface area contributed by atoms with E-state index in [0.29, 0.717) is 17.1 Å². The molecule has 0 spiro atoms. The number of nitrogens with two attached hydrogens (primary N) is 1. The van der Waals surface area contributed by atoms with Gasteiger partial charge in [-0.15, -0.1) is 0 Å². The average Bonchev–Trinajstić information content (AvgIpc) is 2.66. The summed E-state index contributed by atoms with van der Waals surface area (Å²) >= 11 is 6.19. The highest BCUT2D eigenvalue weighted by atomic mass is 35.5. The fourth-order valence-corrected chi connectivity index (χ4v) is 4.21. The number of rotatable bonds is 4. The number of nitrogens with zero attached hydrogens (tertiary/aromatic N) is 3. The summed E-state index contributed by atoms with van der Waals surface area (Å²) in [6, 6.07) is 15.1. The molecule has 2 aromatic heterocycles. The standard InChI is InChI=1S/C22H25ClN4/c1-15-3-2-4-18(26-15)14-27(19-8-6-17(24)7-9-19)22-11-12-25-21-13-16(23)5-10-20(21)22/h2-5,10-13,17,19H,6-9,14,24H2,1H3. The van der Waals surface area contributed by atoms with E-state index >= 15 is 0 Å². The van der Waals surface area contributed by atoms with Crippen molar-refractivity contribution >= 4 is 28.2 Å². The third-order valence-electron chi connectivity index (χ3n) is 5.45. The highest BCUT2D eigenvalue weighted by Crippen LogP contribution is 2.33. The van der Waals surface area contributed by atoms with Crippen LogP contribution in [-0.4, -0.2) is 22.1 Å². The lowest BCUT2D eigenvalue weighted by atomic mass is 9.90. The molecule has 1 fully saturated rings. The van der Waals surface area contributed by atoms with Crippen molar-refractivity contribution in [3.8, 4) is 0 Å². The Morgan fingerprint density at radius 1 is 1.11 bits per heavy atom. The van der Waals surface area contributed by atoms with Crippen molar-refractivity contribution in [2.24, 2.45) is 5.73 Å². The molecule has 27 heavy (non-hydrogen) atoms. The average molecular weight is 381 g/mol. The molecule has 0 aliphatic heterocycles. The number of aryl methyl sites for hydroxylation is 1. The predicted molar refractivity (Wildman–Crippen MR) is 112 cm³/mol. The number of aromatic nitrogens is 2. The van der Waals surface area contributed by atoms with Crippen molar-refractivity contribution in [3.05, 3.63) is 65.1 Å². The molecule has 2 N–H and O–H groups in total. The molecule has 3 aromatic rings. The molecule has 0 amide bonds. The van der Waals surface area contributed by atoms with E-state index in [1.54, 1.807) is 0 Å². The van der Waals surface area contributed by atoms with Crippen molar-refractivity contribution in [2.45, 2.75) is 51.2 Å². The van der Waals surface area contributed by atoms with Gasteiger partial charge >= 0.3 is 0 Å². The summed E-state index contributed by atoms with van der Waals surface area (Å²) in [5, 5.41) is 1.84. The Balaban J connectivity index is 1.75. The Labute approximate surface area is 165 Å². The third-order valence-corrected chi connectivity index (χ3v) is 5.69. The second kappa shape index (κ2) is 7.83. The molecule has 1 aliphatic carbocycles. The zero-order valence-electron chi connectivity index (χ0n) is 15.6. The summed E-state index contributed by atoms with van der Waals surface area (Å²) in [5.41, 5.74) is 10.4. The van der Waals surface area contributed by atoms with Crippen LogP contribution >= 0.6 is 11.6 Å². The van der Waals surface area contributed by atoms with Gasteiger partial charge in [0.25, 0.3) is 0 Å². The van der Waals surface area contributed by atoms with Crippen LogP contribution in [-0.2, 0) is 6.54 Å². The van der Waals surface area contributed by atoms with Crippen LogP contribution in [0.15, 0.2) is 48.7 Å². The maximum absolute atomic E-state index is 6.19. The summed E-state index contributed by atoms with van der Waals surface area (Å²) < 4.78 is 0. The van der Waals surface area contributed by atoms with Crippen LogP contribution in [0.25, 0.3) is 10.9 Å². The van der Waals surface area contributed by atoms with Crippen LogP contribution in [0.5, 0.6) is 0 Å². The first-order valence-corrected chi connectivity index (χ1v) is 9.97. The smallest absolute Gasteiger partial charge is 0.0737 e. The van der Waals surface area contributed by atoms with Crippen LogP contribution in [0.2, 0.25) is 5.02 Å². The van der Waals surface area contributed by atoms with Gasteiger partial charge in [0.05, 0.1) is 17.8 Å². The van der Waals surface area contributed by atoms with E-state index in [4.69, 9.17) is 22.3 Å². The molecule has 0 atom stereocenters. The molecule has 0 unspecified atom stereocenters. The van der Waals surface area contributed by atoms with E-state index in [9.17, 15) is 0 Å². The van der Waals surface area contributed by atoms with E-state index in [-0.39, 0.29) is 0 Å². The van der Waals surface area contributed by atoms with Gasteiger partial charge in [0.15, 0.2) is 0 Å². The monoisotopic (exact) mass is 380 g/mol. The molecule has 4 rings (SSSR count). The van der Waals surface area contributed by atoms with Crippen LogP contribution in [0.1, 0.15) is 37.1 Å². The van der Waals surface area contributed by atoms with Gasteiger partial charge in [0.2, 0.25) is 0 Å². The molecule has 4 nitrogen and oxygen atoms in total. The van der Waals surface area contributed by atoms with E-state index in [0.717, 1.165) is 54.5 Å². The molecule has 1 aliphatic rings. The quantitative estimate of drug-likeness (QED) is 0.701. The normalized spacial score (nSPS) is 20.0. The SMILES string of the molecule is Cc1cccc(CN(c2ccnc3cc(Cl)ccc23)C2CCC(N)CC2)n1. The van der Waals surface area contributed by atoms with E-state index < -0.39 is 0 Å². The Bertz CT molecular complexity index is 934. The van der Waals surface area contributed by atoms with Gasteiger partial charge in [-0.05, 0) is 69.0 Å². The summed E-state index contributed by atoms with van der Waals surface area (Å²) in [5.74, 6) is 0. The highest BCUT2D eigenvalue weighted by Gasteiger charge is 2.26. The summed E-state index contributed by atoms with van der Waals surface area (Å²) in [4.78, 5) is 11.7. The van der Waals surface area contributed by atoms with Crippen molar-refractivity contribution in [2.75, 3.05) is 4.90 Å². The third kappa shape index (κ3) is 4.07. The first-order chi connectivity index (χ1) is 13.1. The molecule has 5 heteroatoms. The first-order valence-electron chi connectivity index (χ1n) is 9.59. The first kappa shape index (κ1) is 18.2. The topological polar surface area (TPSA) is 55.0 Å². The van der Waals surface area contributed by atoms with Gasteiger partial charge in [-0.25, -0.2) is 0 Å². The Kier molecular flexibility index (Phi) is 5.28. The lowest BCUT2D eigenvalue weighted by Gasteiger charge is -2.38. The molecule has 140 valence electrons. The highest BCUT2D eigenvalue weighted by molar-refractivity contribution is 6.31. The lowest BCUT2D eigenvalue weighted by molar-refractivity contribution is 0.374. The largest absolute Gasteiger partial charge is 0.362 e. The number of halogens is 1. The van der Waals surface area contributed by atoms with Crippen molar-refractivity contribution in [1.29, 1.82) is 0 Å². The van der Waals surface area contributed by atoms with E-state index in [1.165, 1.54) is 5.69 Å².